The van der Waals surface area contributed by atoms with Crippen LogP contribution in [-0.4, -0.2) is 21.6 Å². The van der Waals surface area contributed by atoms with E-state index >= 15 is 0 Å². The smallest absolute Gasteiger partial charge is 0.221 e. The van der Waals surface area contributed by atoms with Crippen molar-refractivity contribution in [1.29, 1.82) is 0 Å². The van der Waals surface area contributed by atoms with Crippen molar-refractivity contribution in [2.45, 2.75) is 37.6 Å². The molecule has 0 aliphatic heterocycles. The highest BCUT2D eigenvalue weighted by atomic mass is 32.2. The Bertz CT molecular complexity index is 861. The molecule has 142 valence electrons. The lowest BCUT2D eigenvalue weighted by molar-refractivity contribution is -0.121. The van der Waals surface area contributed by atoms with E-state index in [9.17, 15) is 9.18 Å². The first-order valence-corrected chi connectivity index (χ1v) is 10.2. The highest BCUT2D eigenvalue weighted by Crippen LogP contribution is 2.25. The highest BCUT2D eigenvalue weighted by molar-refractivity contribution is 7.99. The van der Waals surface area contributed by atoms with Crippen LogP contribution in [0.1, 0.15) is 38.6 Å². The summed E-state index contributed by atoms with van der Waals surface area (Å²) < 4.78 is 12.9. The van der Waals surface area contributed by atoms with E-state index < -0.39 is 0 Å². The minimum Gasteiger partial charge on any atom is -0.346 e. The second kappa shape index (κ2) is 9.04. The molecular weight excluding hydrogens is 361 g/mol. The molecule has 0 saturated carbocycles. The summed E-state index contributed by atoms with van der Waals surface area (Å²) in [5, 5.41) is 3.13. The summed E-state index contributed by atoms with van der Waals surface area (Å²) in [7, 11) is 0. The molecule has 1 aromatic heterocycles. The number of hydrogen-bond acceptors (Lipinski definition) is 3. The number of imidazole rings is 1. The molecule has 0 unspecified atom stereocenters. The topological polar surface area (TPSA) is 57.8 Å². The molecule has 2 atom stereocenters. The number of fused-ring (bicyclic) bond motifs is 1. The molecule has 0 fully saturated rings. The first-order valence-electron chi connectivity index (χ1n) is 9.19. The lowest BCUT2D eigenvalue weighted by atomic mass is 9.98. The molecule has 0 bridgehead atoms. The predicted molar refractivity (Wildman–Crippen MR) is 108 cm³/mol. The highest BCUT2D eigenvalue weighted by Gasteiger charge is 2.23. The van der Waals surface area contributed by atoms with Gasteiger partial charge in [-0.3, -0.25) is 4.79 Å². The Balaban J connectivity index is 1.61. The number of thioether (sulfide) groups is 1. The minimum absolute atomic E-state index is 0.00429. The van der Waals surface area contributed by atoms with Gasteiger partial charge in [-0.15, -0.1) is 11.8 Å². The molecule has 4 nitrogen and oxygen atoms in total. The molecular formula is C21H24FN3OS. The van der Waals surface area contributed by atoms with E-state index in [0.29, 0.717) is 12.2 Å². The van der Waals surface area contributed by atoms with Gasteiger partial charge in [0.05, 0.1) is 17.1 Å². The average molecular weight is 386 g/mol. The maximum absolute atomic E-state index is 12.9. The molecule has 1 heterocycles. The molecule has 0 aliphatic rings. The largest absolute Gasteiger partial charge is 0.346 e. The molecule has 3 aromatic rings. The van der Waals surface area contributed by atoms with Crippen molar-refractivity contribution in [3.63, 3.8) is 0 Å². The number of benzene rings is 2. The number of carbonyl (C=O) groups is 1. The maximum atomic E-state index is 12.9. The number of halogens is 1. The summed E-state index contributed by atoms with van der Waals surface area (Å²) in [5.41, 5.74) is 1.88. The first-order chi connectivity index (χ1) is 13.1. The number of aromatic amines is 1. The number of rotatable bonds is 8. The van der Waals surface area contributed by atoms with Crippen LogP contribution < -0.4 is 5.32 Å². The van der Waals surface area contributed by atoms with Gasteiger partial charge < -0.3 is 10.3 Å². The third kappa shape index (κ3) is 5.10. The summed E-state index contributed by atoms with van der Waals surface area (Å²) in [5.74, 6) is 1.45. The number of nitrogens with zero attached hydrogens (tertiary/aromatic N) is 1. The Hall–Kier alpha value is -2.34. The van der Waals surface area contributed by atoms with Crippen molar-refractivity contribution in [1.82, 2.24) is 15.3 Å². The average Bonchev–Trinajstić information content (AvgIpc) is 3.11. The van der Waals surface area contributed by atoms with Crippen molar-refractivity contribution >= 4 is 28.7 Å². The van der Waals surface area contributed by atoms with Crippen LogP contribution in [0.2, 0.25) is 0 Å². The van der Waals surface area contributed by atoms with Gasteiger partial charge in [-0.25, -0.2) is 9.37 Å². The van der Waals surface area contributed by atoms with E-state index in [0.717, 1.165) is 28.2 Å². The normalized spacial score (nSPS) is 13.4. The number of para-hydroxylation sites is 2. The van der Waals surface area contributed by atoms with Crippen molar-refractivity contribution in [2.75, 3.05) is 5.75 Å². The Labute approximate surface area is 163 Å². The Morgan fingerprint density at radius 3 is 2.67 bits per heavy atom. The molecule has 0 radical (unpaired) electrons. The Kier molecular flexibility index (Phi) is 6.50. The van der Waals surface area contributed by atoms with Crippen LogP contribution in [0.3, 0.4) is 0 Å². The van der Waals surface area contributed by atoms with Crippen LogP contribution in [0.25, 0.3) is 11.0 Å². The zero-order chi connectivity index (χ0) is 19.2. The van der Waals surface area contributed by atoms with E-state index in [-0.39, 0.29) is 23.7 Å². The molecule has 0 spiro atoms. The number of nitrogens with one attached hydrogen (secondary N) is 2. The van der Waals surface area contributed by atoms with Crippen molar-refractivity contribution in [3.05, 3.63) is 60.2 Å². The zero-order valence-corrected chi connectivity index (χ0v) is 16.4. The molecule has 0 aliphatic carbocycles. The lowest BCUT2D eigenvalue weighted by Gasteiger charge is -2.22. The van der Waals surface area contributed by atoms with Crippen LogP contribution in [0.5, 0.6) is 0 Å². The standard InChI is InChI=1S/C21H24FN3OS/c1-3-14(2)20(21-23-17-6-4-5-7-18(17)24-21)25-19(26)12-13-27-16-10-8-15(22)9-11-16/h4-11,14,20H,3,12-13H2,1-2H3,(H,23,24)(H,25,26)/t14-,20-/m0/s1. The van der Waals surface area contributed by atoms with Crippen LogP contribution in [0.15, 0.2) is 53.4 Å². The lowest BCUT2D eigenvalue weighted by Crippen LogP contribution is -2.33. The number of amides is 1. The van der Waals surface area contributed by atoms with Crippen LogP contribution in [0, 0.1) is 11.7 Å². The fourth-order valence-corrected chi connectivity index (χ4v) is 3.73. The molecule has 1 amide bonds. The molecule has 2 N–H and O–H groups in total. The fourth-order valence-electron chi connectivity index (χ4n) is 2.87. The van der Waals surface area contributed by atoms with Gasteiger partial charge in [-0.05, 0) is 42.3 Å². The van der Waals surface area contributed by atoms with Crippen LogP contribution in [0.4, 0.5) is 4.39 Å². The third-order valence-corrected chi connectivity index (χ3v) is 5.66. The van der Waals surface area contributed by atoms with E-state index in [1.165, 1.54) is 12.1 Å². The molecule has 2 aromatic carbocycles. The van der Waals surface area contributed by atoms with Crippen molar-refractivity contribution in [2.24, 2.45) is 5.92 Å². The van der Waals surface area contributed by atoms with Gasteiger partial charge in [0.15, 0.2) is 0 Å². The molecule has 6 heteroatoms. The first kappa shape index (κ1) is 19.4. The van der Waals surface area contributed by atoms with Gasteiger partial charge in [0, 0.05) is 17.1 Å². The van der Waals surface area contributed by atoms with Gasteiger partial charge in [0.1, 0.15) is 11.6 Å². The maximum Gasteiger partial charge on any atom is 0.221 e. The Morgan fingerprint density at radius 2 is 1.96 bits per heavy atom. The zero-order valence-electron chi connectivity index (χ0n) is 15.5. The van der Waals surface area contributed by atoms with Gasteiger partial charge in [-0.1, -0.05) is 32.4 Å². The number of carbonyl (C=O) groups excluding carboxylic acids is 1. The van der Waals surface area contributed by atoms with Gasteiger partial charge in [-0.2, -0.15) is 0 Å². The number of aromatic nitrogens is 2. The van der Waals surface area contributed by atoms with Crippen LogP contribution in [-0.2, 0) is 4.79 Å². The number of hydrogen-bond donors (Lipinski definition) is 2. The molecule has 3 rings (SSSR count). The molecule has 0 saturated heterocycles. The SMILES string of the molecule is CC[C@H](C)[C@H](NC(=O)CCSc1ccc(F)cc1)c1nc2ccccc2[nH]1. The quantitative estimate of drug-likeness (QED) is 0.531. The fraction of sp³-hybridized carbons (Fsp3) is 0.333. The van der Waals surface area contributed by atoms with Gasteiger partial charge in [0.25, 0.3) is 0 Å². The third-order valence-electron chi connectivity index (χ3n) is 4.64. The summed E-state index contributed by atoms with van der Waals surface area (Å²) in [6, 6.07) is 14.1. The summed E-state index contributed by atoms with van der Waals surface area (Å²) in [6.45, 7) is 4.22. The van der Waals surface area contributed by atoms with E-state index in [2.05, 4.69) is 29.1 Å². The van der Waals surface area contributed by atoms with E-state index in [1.807, 2.05) is 24.3 Å². The minimum atomic E-state index is -0.251. The van der Waals surface area contributed by atoms with E-state index in [1.54, 1.807) is 23.9 Å². The predicted octanol–water partition coefficient (Wildman–Crippen LogP) is 5.09. The number of H-pyrrole nitrogens is 1. The Morgan fingerprint density at radius 1 is 1.22 bits per heavy atom. The van der Waals surface area contributed by atoms with Crippen LogP contribution >= 0.6 is 11.8 Å². The van der Waals surface area contributed by atoms with Gasteiger partial charge >= 0.3 is 0 Å². The summed E-state index contributed by atoms with van der Waals surface area (Å²) in [6.07, 6.45) is 1.33. The van der Waals surface area contributed by atoms with Gasteiger partial charge in [0.2, 0.25) is 5.91 Å². The summed E-state index contributed by atoms with van der Waals surface area (Å²) >= 11 is 1.55. The second-order valence-corrected chi connectivity index (χ2v) is 7.79. The summed E-state index contributed by atoms with van der Waals surface area (Å²) in [4.78, 5) is 21.4. The second-order valence-electron chi connectivity index (χ2n) is 6.62. The van der Waals surface area contributed by atoms with E-state index in [4.69, 9.17) is 0 Å². The molecule has 27 heavy (non-hydrogen) atoms. The monoisotopic (exact) mass is 385 g/mol. The van der Waals surface area contributed by atoms with Crippen molar-refractivity contribution in [3.8, 4) is 0 Å². The van der Waals surface area contributed by atoms with Crippen molar-refractivity contribution < 1.29 is 9.18 Å².